The van der Waals surface area contributed by atoms with Gasteiger partial charge >= 0.3 is 17.8 Å². The van der Waals surface area contributed by atoms with E-state index >= 15 is 0 Å². The Kier molecular flexibility index (Phi) is 11.2. The van der Waals surface area contributed by atoms with Gasteiger partial charge in [0.1, 0.15) is 17.5 Å². The van der Waals surface area contributed by atoms with Gasteiger partial charge in [-0.2, -0.15) is 0 Å². The van der Waals surface area contributed by atoms with Crippen LogP contribution in [0.2, 0.25) is 0 Å². The minimum atomic E-state index is -1.20. The van der Waals surface area contributed by atoms with Gasteiger partial charge in [-0.15, -0.1) is 11.8 Å². The monoisotopic (exact) mass is 527 g/mol. The number of amides is 7. The second kappa shape index (κ2) is 13.6. The molecule has 2 aliphatic heterocycles. The predicted molar refractivity (Wildman–Crippen MR) is 132 cm³/mol. The standard InChI is InChI=1S/C22H28N6O6S.Na/c1-3-27-10-11-28(21(33)20(27)32)22(34)25-15(14-7-5-4-6-8-14)17(30)24-16-18(31)26-19(16)35-12-9-23-13(2)29;/h4-8,15-16,19H,3,9-12H2,1-2H3,(H,23,29)(H,24,30)(H,25,34)(H,26,31);/t15-,16-,19-;/m1./s1. The first kappa shape index (κ1) is 29.6. The van der Waals surface area contributed by atoms with Crippen LogP contribution in [-0.2, 0) is 24.0 Å². The molecule has 3 atom stereocenters. The van der Waals surface area contributed by atoms with Gasteiger partial charge in [-0.25, -0.2) is 4.79 Å². The number of carbonyl (C=O) groups excluding carboxylic acids is 6. The average Bonchev–Trinajstić information content (AvgIpc) is 2.84. The molecule has 4 N–H and O–H groups in total. The van der Waals surface area contributed by atoms with E-state index in [1.807, 2.05) is 0 Å². The first-order valence-electron chi connectivity index (χ1n) is 11.2. The maximum atomic E-state index is 13.2. The SMILES string of the molecule is CCN1CCN(C(=O)N[C@@H](C(=O)N[C@@H]2C(=O)N[C@@H]2SCCNC(C)=O)c2ccccc2)C(=O)C1=O.[Na]. The molecule has 2 saturated heterocycles. The van der Waals surface area contributed by atoms with Crippen molar-refractivity contribution in [3.63, 3.8) is 0 Å². The molecule has 0 spiro atoms. The predicted octanol–water partition coefficient (Wildman–Crippen LogP) is -1.44. The number of urea groups is 1. The summed E-state index contributed by atoms with van der Waals surface area (Å²) < 4.78 is 0. The van der Waals surface area contributed by atoms with Gasteiger partial charge in [-0.05, 0) is 12.5 Å². The molecule has 1 aromatic rings. The van der Waals surface area contributed by atoms with Gasteiger partial charge in [0.05, 0.1) is 0 Å². The number of nitrogens with zero attached hydrogens (tertiary/aromatic N) is 2. The summed E-state index contributed by atoms with van der Waals surface area (Å²) in [6.45, 7) is 4.11. The topological polar surface area (TPSA) is 157 Å². The van der Waals surface area contributed by atoms with Crippen LogP contribution in [0.3, 0.4) is 0 Å². The molecular formula is C22H28N6NaO6S. The molecule has 0 aliphatic carbocycles. The van der Waals surface area contributed by atoms with E-state index in [-0.39, 0.29) is 54.5 Å². The van der Waals surface area contributed by atoms with Crippen LogP contribution in [0.5, 0.6) is 0 Å². The second-order valence-electron chi connectivity index (χ2n) is 7.90. The van der Waals surface area contributed by atoms with Crippen LogP contribution in [0.1, 0.15) is 25.5 Å². The van der Waals surface area contributed by atoms with Gasteiger partial charge in [-0.3, -0.25) is 28.9 Å². The van der Waals surface area contributed by atoms with E-state index in [0.717, 1.165) is 4.90 Å². The first-order valence-corrected chi connectivity index (χ1v) is 12.2. The number of β-lactam (4-membered cyclic amide) rings is 1. The van der Waals surface area contributed by atoms with E-state index in [4.69, 9.17) is 0 Å². The molecule has 3 rings (SSSR count). The molecule has 0 unspecified atom stereocenters. The van der Waals surface area contributed by atoms with Crippen LogP contribution in [0, 0.1) is 0 Å². The Hall–Kier alpha value is -2.61. The smallest absolute Gasteiger partial charge is 0.325 e. The van der Waals surface area contributed by atoms with Crippen LogP contribution in [-0.4, -0.2) is 118 Å². The summed E-state index contributed by atoms with van der Waals surface area (Å²) in [5.41, 5.74) is 0.443. The molecule has 12 nitrogen and oxygen atoms in total. The number of carbonyl (C=O) groups is 6. The molecule has 0 bridgehead atoms. The fourth-order valence-corrected chi connectivity index (χ4v) is 4.66. The largest absolute Gasteiger partial charge is 0.356 e. The van der Waals surface area contributed by atoms with Crippen molar-refractivity contribution in [1.29, 1.82) is 0 Å². The molecule has 189 valence electrons. The molecule has 2 aliphatic rings. The molecule has 0 saturated carbocycles. The van der Waals surface area contributed by atoms with Crippen molar-refractivity contribution in [1.82, 2.24) is 31.1 Å². The molecule has 0 aromatic heterocycles. The van der Waals surface area contributed by atoms with E-state index in [0.29, 0.717) is 24.4 Å². The molecular weight excluding hydrogens is 499 g/mol. The fraction of sp³-hybridized carbons (Fsp3) is 0.455. The summed E-state index contributed by atoms with van der Waals surface area (Å²) >= 11 is 1.36. The number of nitrogens with one attached hydrogen (secondary N) is 4. The number of likely N-dealkylation sites (N-methyl/N-ethyl adjacent to an activating group) is 1. The number of benzene rings is 1. The summed E-state index contributed by atoms with van der Waals surface area (Å²) in [5.74, 6) is -2.38. The first-order chi connectivity index (χ1) is 16.7. The van der Waals surface area contributed by atoms with Crippen molar-refractivity contribution in [3.8, 4) is 0 Å². The maximum absolute atomic E-state index is 13.2. The third-order valence-corrected chi connectivity index (χ3v) is 6.73. The van der Waals surface area contributed by atoms with Gasteiger partial charge in [-0.1, -0.05) is 30.3 Å². The Morgan fingerprint density at radius 2 is 1.81 bits per heavy atom. The number of imide groups is 1. The number of hydrogen-bond donors (Lipinski definition) is 4. The summed E-state index contributed by atoms with van der Waals surface area (Å²) in [5, 5.41) is 10.1. The molecule has 14 heteroatoms. The molecule has 2 fully saturated rings. The van der Waals surface area contributed by atoms with Gasteiger partial charge < -0.3 is 26.2 Å². The van der Waals surface area contributed by atoms with E-state index in [1.165, 1.54) is 23.6 Å². The maximum Gasteiger partial charge on any atom is 0.325 e. The Labute approximate surface area is 234 Å². The van der Waals surface area contributed by atoms with Crippen molar-refractivity contribution in [2.24, 2.45) is 0 Å². The summed E-state index contributed by atoms with van der Waals surface area (Å²) in [7, 11) is 0. The van der Waals surface area contributed by atoms with Crippen molar-refractivity contribution in [2.75, 3.05) is 31.9 Å². The van der Waals surface area contributed by atoms with Crippen LogP contribution in [0.4, 0.5) is 4.79 Å². The van der Waals surface area contributed by atoms with Crippen LogP contribution < -0.4 is 21.3 Å². The third kappa shape index (κ3) is 7.21. The average molecular weight is 528 g/mol. The zero-order valence-electron chi connectivity index (χ0n) is 20.4. The summed E-state index contributed by atoms with van der Waals surface area (Å²) in [4.78, 5) is 75.8. The van der Waals surface area contributed by atoms with Gasteiger partial charge in [0.2, 0.25) is 17.7 Å². The molecule has 1 radical (unpaired) electrons. The Morgan fingerprint density at radius 3 is 2.42 bits per heavy atom. The molecule has 1 aromatic carbocycles. The van der Waals surface area contributed by atoms with Gasteiger partial charge in [0.25, 0.3) is 0 Å². The minimum absolute atomic E-state index is 0. The molecule has 2 heterocycles. The van der Waals surface area contributed by atoms with Crippen molar-refractivity contribution >= 4 is 76.9 Å². The number of hydrogen-bond acceptors (Lipinski definition) is 7. The van der Waals surface area contributed by atoms with Crippen molar-refractivity contribution < 1.29 is 28.8 Å². The second-order valence-corrected chi connectivity index (χ2v) is 9.15. The van der Waals surface area contributed by atoms with Crippen LogP contribution >= 0.6 is 11.8 Å². The summed E-state index contributed by atoms with van der Waals surface area (Å²) in [6.07, 6.45) is 0. The van der Waals surface area contributed by atoms with E-state index < -0.39 is 41.2 Å². The quantitative estimate of drug-likeness (QED) is 0.133. The Bertz CT molecular complexity index is 1010. The number of rotatable bonds is 9. The third-order valence-electron chi connectivity index (χ3n) is 5.54. The normalized spacial score (nSPS) is 19.9. The number of thioether (sulfide) groups is 1. The fourth-order valence-electron chi connectivity index (χ4n) is 3.60. The van der Waals surface area contributed by atoms with E-state index in [9.17, 15) is 28.8 Å². The Balaban J connectivity index is 0.00000456. The zero-order valence-corrected chi connectivity index (χ0v) is 23.2. The number of piperazine rings is 1. The Morgan fingerprint density at radius 1 is 1.11 bits per heavy atom. The van der Waals surface area contributed by atoms with E-state index in [2.05, 4.69) is 21.3 Å². The minimum Gasteiger partial charge on any atom is -0.356 e. The van der Waals surface area contributed by atoms with Gasteiger partial charge in [0.15, 0.2) is 0 Å². The van der Waals surface area contributed by atoms with Crippen LogP contribution in [0.15, 0.2) is 30.3 Å². The van der Waals surface area contributed by atoms with Crippen molar-refractivity contribution in [2.45, 2.75) is 31.3 Å². The summed E-state index contributed by atoms with van der Waals surface area (Å²) in [6, 6.07) is 5.48. The van der Waals surface area contributed by atoms with Crippen molar-refractivity contribution in [3.05, 3.63) is 35.9 Å². The van der Waals surface area contributed by atoms with Gasteiger partial charge in [0, 0.05) is 68.4 Å². The zero-order chi connectivity index (χ0) is 25.5. The molecule has 36 heavy (non-hydrogen) atoms. The molecule has 7 amide bonds. The van der Waals surface area contributed by atoms with E-state index in [1.54, 1.807) is 37.3 Å². The van der Waals surface area contributed by atoms with Crippen LogP contribution in [0.25, 0.3) is 0 Å².